The molecule has 0 aliphatic carbocycles. The fourth-order valence-corrected chi connectivity index (χ4v) is 2.14. The van der Waals surface area contributed by atoms with Crippen LogP contribution in [-0.4, -0.2) is 28.0 Å². The Morgan fingerprint density at radius 3 is 2.47 bits per heavy atom. The highest BCUT2D eigenvalue weighted by molar-refractivity contribution is 7.89. The number of nitrogens with one attached hydrogen (secondary N) is 1. The third kappa shape index (κ3) is 3.40. The Morgan fingerprint density at radius 2 is 2.00 bits per heavy atom. The van der Waals surface area contributed by atoms with Crippen molar-refractivity contribution in [3.8, 4) is 0 Å². The van der Waals surface area contributed by atoms with E-state index in [4.69, 9.17) is 0 Å². The fourth-order valence-electron chi connectivity index (χ4n) is 1.14. The maximum atomic E-state index is 11.7. The highest BCUT2D eigenvalue weighted by Gasteiger charge is 2.13. The van der Waals surface area contributed by atoms with Gasteiger partial charge in [0.2, 0.25) is 10.0 Å². The highest BCUT2D eigenvalue weighted by atomic mass is 32.2. The van der Waals surface area contributed by atoms with Crippen molar-refractivity contribution in [3.63, 3.8) is 0 Å². The average Bonchev–Trinajstić information content (AvgIpc) is 2.35. The van der Waals surface area contributed by atoms with E-state index in [1.807, 2.05) is 0 Å². The topological polar surface area (TPSA) is 72.5 Å². The van der Waals surface area contributed by atoms with Crippen molar-refractivity contribution in [1.29, 1.82) is 0 Å². The molecule has 92 valence electrons. The second kappa shape index (κ2) is 5.60. The molecule has 1 aromatic carbocycles. The van der Waals surface area contributed by atoms with Gasteiger partial charge in [-0.2, -0.15) is 0 Å². The molecule has 0 spiro atoms. The van der Waals surface area contributed by atoms with E-state index in [2.05, 4.69) is 16.0 Å². The molecule has 0 bridgehead atoms. The summed E-state index contributed by atoms with van der Waals surface area (Å²) in [6, 6.07) is 5.48. The van der Waals surface area contributed by atoms with Crippen molar-refractivity contribution >= 4 is 16.0 Å². The lowest BCUT2D eigenvalue weighted by Crippen LogP contribution is -2.23. The van der Waals surface area contributed by atoms with Gasteiger partial charge in [0.25, 0.3) is 0 Å². The molecule has 1 rings (SSSR count). The summed E-state index contributed by atoms with van der Waals surface area (Å²) in [5, 5.41) is 0. The average molecular weight is 255 g/mol. The van der Waals surface area contributed by atoms with Crippen molar-refractivity contribution in [1.82, 2.24) is 4.72 Å². The molecule has 0 saturated heterocycles. The van der Waals surface area contributed by atoms with Gasteiger partial charge in [0.1, 0.15) is 0 Å². The summed E-state index contributed by atoms with van der Waals surface area (Å²) < 4.78 is 30.2. The molecule has 0 saturated carbocycles. The van der Waals surface area contributed by atoms with Gasteiger partial charge in [-0.3, -0.25) is 0 Å². The Bertz CT molecular complexity index is 505. The lowest BCUT2D eigenvalue weighted by molar-refractivity contribution is 0.0600. The Labute approximate surface area is 100 Å². The van der Waals surface area contributed by atoms with Crippen molar-refractivity contribution in [2.24, 2.45) is 0 Å². The first-order chi connectivity index (χ1) is 8.01. The van der Waals surface area contributed by atoms with Gasteiger partial charge >= 0.3 is 5.97 Å². The van der Waals surface area contributed by atoms with Crippen molar-refractivity contribution in [3.05, 3.63) is 42.5 Å². The van der Waals surface area contributed by atoms with Gasteiger partial charge < -0.3 is 4.74 Å². The molecule has 17 heavy (non-hydrogen) atoms. The lowest BCUT2D eigenvalue weighted by Gasteiger charge is -2.05. The van der Waals surface area contributed by atoms with Gasteiger partial charge in [-0.1, -0.05) is 6.08 Å². The van der Waals surface area contributed by atoms with Gasteiger partial charge in [-0.15, -0.1) is 6.58 Å². The molecule has 1 N–H and O–H groups in total. The Kier molecular flexibility index (Phi) is 4.42. The first kappa shape index (κ1) is 13.4. The lowest BCUT2D eigenvalue weighted by atomic mass is 10.2. The van der Waals surface area contributed by atoms with E-state index in [-0.39, 0.29) is 11.4 Å². The van der Waals surface area contributed by atoms with E-state index >= 15 is 0 Å². The number of sulfonamides is 1. The number of benzene rings is 1. The van der Waals surface area contributed by atoms with Crippen LogP contribution in [0.3, 0.4) is 0 Å². The predicted octanol–water partition coefficient (Wildman–Crippen LogP) is 0.938. The van der Waals surface area contributed by atoms with E-state index in [1.54, 1.807) is 0 Å². The fraction of sp³-hybridized carbons (Fsp3) is 0.182. The van der Waals surface area contributed by atoms with Crippen LogP contribution in [0.5, 0.6) is 0 Å². The van der Waals surface area contributed by atoms with Crippen molar-refractivity contribution in [2.75, 3.05) is 13.7 Å². The maximum Gasteiger partial charge on any atom is 0.337 e. The van der Waals surface area contributed by atoms with Crippen LogP contribution in [0.2, 0.25) is 0 Å². The summed E-state index contributed by atoms with van der Waals surface area (Å²) in [5.74, 6) is -0.506. The number of rotatable bonds is 5. The molecule has 1 aromatic rings. The standard InChI is InChI=1S/C11H13NO4S/c1-3-8-12-17(14,15)10-6-4-9(5-7-10)11(13)16-2/h3-7,12H,1,8H2,2H3. The molecular formula is C11H13NO4S. The largest absolute Gasteiger partial charge is 0.465 e. The summed E-state index contributed by atoms with van der Waals surface area (Å²) in [6.07, 6.45) is 1.44. The monoisotopic (exact) mass is 255 g/mol. The van der Waals surface area contributed by atoms with E-state index in [9.17, 15) is 13.2 Å². The second-order valence-electron chi connectivity index (χ2n) is 3.16. The van der Waals surface area contributed by atoms with Crippen molar-refractivity contribution < 1.29 is 17.9 Å². The summed E-state index contributed by atoms with van der Waals surface area (Å²) in [5.41, 5.74) is 0.301. The number of hydrogen-bond acceptors (Lipinski definition) is 4. The normalized spacial score (nSPS) is 10.9. The van der Waals surface area contributed by atoms with Gasteiger partial charge in [-0.05, 0) is 24.3 Å². The summed E-state index contributed by atoms with van der Waals surface area (Å²) in [7, 11) is -2.28. The van der Waals surface area contributed by atoms with Crippen LogP contribution in [-0.2, 0) is 14.8 Å². The molecule has 0 aromatic heterocycles. The molecule has 0 aliphatic rings. The SMILES string of the molecule is C=CCNS(=O)(=O)c1ccc(C(=O)OC)cc1. The minimum Gasteiger partial charge on any atom is -0.465 e. The van der Waals surface area contributed by atoms with Crippen LogP contribution in [0.25, 0.3) is 0 Å². The molecule has 5 nitrogen and oxygen atoms in total. The van der Waals surface area contributed by atoms with Gasteiger partial charge in [-0.25, -0.2) is 17.9 Å². The molecular weight excluding hydrogens is 242 g/mol. The second-order valence-corrected chi connectivity index (χ2v) is 4.92. The van der Waals surface area contributed by atoms with Gasteiger partial charge in [0, 0.05) is 6.54 Å². The van der Waals surface area contributed by atoms with E-state index in [0.29, 0.717) is 5.56 Å². The molecule has 0 fully saturated rings. The summed E-state index contributed by atoms with van der Waals surface area (Å²) in [6.45, 7) is 3.57. The molecule has 0 radical (unpaired) electrons. The number of hydrogen-bond donors (Lipinski definition) is 1. The number of esters is 1. The zero-order valence-electron chi connectivity index (χ0n) is 9.34. The van der Waals surface area contributed by atoms with Crippen LogP contribution in [0.4, 0.5) is 0 Å². The number of methoxy groups -OCH3 is 1. The number of carbonyl (C=O) groups excluding carboxylic acids is 1. The van der Waals surface area contributed by atoms with Gasteiger partial charge in [0.05, 0.1) is 17.6 Å². The predicted molar refractivity (Wildman–Crippen MR) is 63.2 cm³/mol. The van der Waals surface area contributed by atoms with Crippen molar-refractivity contribution in [2.45, 2.75) is 4.90 Å². The first-order valence-electron chi connectivity index (χ1n) is 4.80. The van der Waals surface area contributed by atoms with E-state index in [1.165, 1.54) is 37.5 Å². The summed E-state index contributed by atoms with van der Waals surface area (Å²) >= 11 is 0. The minimum absolute atomic E-state index is 0.0898. The zero-order chi connectivity index (χ0) is 12.9. The molecule has 0 aliphatic heterocycles. The number of carbonyl (C=O) groups is 1. The molecule has 0 unspecified atom stereocenters. The minimum atomic E-state index is -3.54. The molecule has 0 heterocycles. The van der Waals surface area contributed by atoms with E-state index in [0.717, 1.165) is 0 Å². The first-order valence-corrected chi connectivity index (χ1v) is 6.28. The third-order valence-corrected chi connectivity index (χ3v) is 3.44. The quantitative estimate of drug-likeness (QED) is 0.627. The van der Waals surface area contributed by atoms with Crippen LogP contribution >= 0.6 is 0 Å². The van der Waals surface area contributed by atoms with Crippen LogP contribution in [0.1, 0.15) is 10.4 Å². The van der Waals surface area contributed by atoms with Crippen LogP contribution in [0, 0.1) is 0 Å². The molecule has 0 amide bonds. The number of ether oxygens (including phenoxy) is 1. The molecule has 6 heteroatoms. The Hall–Kier alpha value is -1.66. The Morgan fingerprint density at radius 1 is 1.41 bits per heavy atom. The molecule has 0 atom stereocenters. The highest BCUT2D eigenvalue weighted by Crippen LogP contribution is 2.10. The summed E-state index contributed by atoms with van der Waals surface area (Å²) in [4.78, 5) is 11.2. The van der Waals surface area contributed by atoms with Gasteiger partial charge in [0.15, 0.2) is 0 Å². The van der Waals surface area contributed by atoms with Crippen LogP contribution in [0.15, 0.2) is 41.8 Å². The third-order valence-electron chi connectivity index (χ3n) is 2.00. The van der Waals surface area contributed by atoms with E-state index < -0.39 is 16.0 Å². The zero-order valence-corrected chi connectivity index (χ0v) is 10.2. The van der Waals surface area contributed by atoms with Crippen LogP contribution < -0.4 is 4.72 Å². The maximum absolute atomic E-state index is 11.7. The smallest absolute Gasteiger partial charge is 0.337 e. The Balaban J connectivity index is 2.94.